The second kappa shape index (κ2) is 4.16. The van der Waals surface area contributed by atoms with Gasteiger partial charge in [-0.15, -0.1) is 0 Å². The van der Waals surface area contributed by atoms with E-state index >= 15 is 0 Å². The molecule has 0 spiro atoms. The summed E-state index contributed by atoms with van der Waals surface area (Å²) >= 11 is 0. The van der Waals surface area contributed by atoms with Crippen molar-refractivity contribution in [1.82, 2.24) is 14.6 Å². The highest BCUT2D eigenvalue weighted by Gasteiger charge is 2.13. The largest absolute Gasteiger partial charge is 0.365 e. The summed E-state index contributed by atoms with van der Waals surface area (Å²) in [5.41, 5.74) is 6.58. The van der Waals surface area contributed by atoms with Crippen LogP contribution >= 0.6 is 0 Å². The summed E-state index contributed by atoms with van der Waals surface area (Å²) in [5, 5.41) is 4.02. The van der Waals surface area contributed by atoms with Crippen LogP contribution < -0.4 is 5.73 Å². The molecule has 0 bridgehead atoms. The van der Waals surface area contributed by atoms with Gasteiger partial charge < -0.3 is 5.73 Å². The number of rotatable bonds is 2. The molecule has 94 valence electrons. The Bertz CT molecular complexity index is 781. The van der Waals surface area contributed by atoms with Gasteiger partial charge >= 0.3 is 0 Å². The fraction of sp³-hybridized carbons (Fsp3) is 0. The number of nitrogens with two attached hydrogens (primary N) is 1. The lowest BCUT2D eigenvalue weighted by Gasteiger charge is -1.97. The first-order valence-corrected chi connectivity index (χ1v) is 5.56. The van der Waals surface area contributed by atoms with Gasteiger partial charge in [-0.05, 0) is 18.2 Å². The molecule has 0 saturated carbocycles. The fourth-order valence-electron chi connectivity index (χ4n) is 1.89. The van der Waals surface area contributed by atoms with Crippen LogP contribution in [0.5, 0.6) is 0 Å². The van der Waals surface area contributed by atoms with Crippen LogP contribution in [-0.2, 0) is 0 Å². The Morgan fingerprint density at radius 1 is 1.26 bits per heavy atom. The van der Waals surface area contributed by atoms with Crippen molar-refractivity contribution >= 4 is 11.6 Å². The highest BCUT2D eigenvalue weighted by molar-refractivity contribution is 5.98. The number of aromatic nitrogens is 3. The maximum absolute atomic E-state index is 13.7. The standard InChI is InChI=1S/C13H9FN4O/c14-10-4-2-1-3-8(10)11-7-18-13(17-11)9(12(15)19)5-6-16-18/h1-7H,(H2,15,19). The molecule has 0 fully saturated rings. The molecule has 6 heteroatoms. The van der Waals surface area contributed by atoms with Crippen LogP contribution in [-0.4, -0.2) is 20.5 Å². The van der Waals surface area contributed by atoms with E-state index in [2.05, 4.69) is 10.1 Å². The van der Waals surface area contributed by atoms with E-state index in [0.29, 0.717) is 16.9 Å². The molecule has 2 aromatic heterocycles. The minimum atomic E-state index is -0.599. The molecule has 0 radical (unpaired) electrons. The predicted octanol–water partition coefficient (Wildman–Crippen LogP) is 1.63. The van der Waals surface area contributed by atoms with Crippen LogP contribution in [0.2, 0.25) is 0 Å². The second-order valence-corrected chi connectivity index (χ2v) is 3.98. The van der Waals surface area contributed by atoms with Crippen LogP contribution in [0, 0.1) is 5.82 Å². The van der Waals surface area contributed by atoms with Gasteiger partial charge in [-0.25, -0.2) is 13.9 Å². The number of nitrogens with zero attached hydrogens (tertiary/aromatic N) is 3. The number of benzene rings is 1. The maximum atomic E-state index is 13.7. The average Bonchev–Trinajstić information content (AvgIpc) is 2.82. The van der Waals surface area contributed by atoms with Gasteiger partial charge in [0.25, 0.3) is 5.91 Å². The summed E-state index contributed by atoms with van der Waals surface area (Å²) in [7, 11) is 0. The van der Waals surface area contributed by atoms with Crippen molar-refractivity contribution < 1.29 is 9.18 Å². The summed E-state index contributed by atoms with van der Waals surface area (Å²) < 4.78 is 15.1. The zero-order chi connectivity index (χ0) is 13.4. The Kier molecular flexibility index (Phi) is 2.49. The minimum absolute atomic E-state index is 0.248. The van der Waals surface area contributed by atoms with Gasteiger partial charge in [0.2, 0.25) is 0 Å². The third-order valence-corrected chi connectivity index (χ3v) is 2.78. The van der Waals surface area contributed by atoms with E-state index in [9.17, 15) is 9.18 Å². The molecule has 19 heavy (non-hydrogen) atoms. The lowest BCUT2D eigenvalue weighted by atomic mass is 10.1. The number of carbonyl (C=O) groups is 1. The van der Waals surface area contributed by atoms with Gasteiger partial charge in [-0.3, -0.25) is 4.79 Å². The van der Waals surface area contributed by atoms with E-state index < -0.39 is 5.91 Å². The molecule has 3 aromatic rings. The predicted molar refractivity (Wildman–Crippen MR) is 66.9 cm³/mol. The molecular formula is C13H9FN4O. The molecule has 1 aromatic carbocycles. The van der Waals surface area contributed by atoms with Crippen LogP contribution in [0.15, 0.2) is 42.7 Å². The topological polar surface area (TPSA) is 73.3 Å². The molecule has 3 rings (SSSR count). The molecule has 0 aliphatic heterocycles. The highest BCUT2D eigenvalue weighted by Crippen LogP contribution is 2.22. The third kappa shape index (κ3) is 1.83. The third-order valence-electron chi connectivity index (χ3n) is 2.78. The second-order valence-electron chi connectivity index (χ2n) is 3.98. The van der Waals surface area contributed by atoms with Crippen LogP contribution in [0.1, 0.15) is 10.4 Å². The Labute approximate surface area is 107 Å². The SMILES string of the molecule is NC(=O)c1ccnn2cc(-c3ccccc3F)nc12. The van der Waals surface area contributed by atoms with Crippen LogP contribution in [0.25, 0.3) is 16.9 Å². The van der Waals surface area contributed by atoms with E-state index in [1.54, 1.807) is 24.4 Å². The van der Waals surface area contributed by atoms with Gasteiger partial charge in [-0.2, -0.15) is 5.10 Å². The van der Waals surface area contributed by atoms with E-state index in [0.717, 1.165) is 0 Å². The van der Waals surface area contributed by atoms with Crippen molar-refractivity contribution in [2.75, 3.05) is 0 Å². The normalized spacial score (nSPS) is 10.8. The molecule has 0 aliphatic rings. The van der Waals surface area contributed by atoms with Gasteiger partial charge in [0.05, 0.1) is 17.5 Å². The molecule has 0 atom stereocenters. The van der Waals surface area contributed by atoms with Crippen molar-refractivity contribution in [3.63, 3.8) is 0 Å². The summed E-state index contributed by atoms with van der Waals surface area (Å²) in [4.78, 5) is 15.5. The molecule has 2 heterocycles. The molecule has 1 amide bonds. The zero-order valence-corrected chi connectivity index (χ0v) is 9.75. The molecule has 2 N–H and O–H groups in total. The molecule has 0 unspecified atom stereocenters. The van der Waals surface area contributed by atoms with E-state index in [4.69, 9.17) is 5.73 Å². The number of hydrogen-bond donors (Lipinski definition) is 1. The van der Waals surface area contributed by atoms with Crippen molar-refractivity contribution in [2.24, 2.45) is 5.73 Å². The number of carbonyl (C=O) groups excluding carboxylic acids is 1. The Morgan fingerprint density at radius 3 is 2.79 bits per heavy atom. The molecular weight excluding hydrogens is 247 g/mol. The first kappa shape index (κ1) is 11.3. The monoisotopic (exact) mass is 256 g/mol. The summed E-state index contributed by atoms with van der Waals surface area (Å²) in [6, 6.07) is 7.76. The minimum Gasteiger partial charge on any atom is -0.365 e. The quantitative estimate of drug-likeness (QED) is 0.757. The molecule has 0 saturated heterocycles. The van der Waals surface area contributed by atoms with E-state index in [1.807, 2.05) is 0 Å². The molecule has 0 aliphatic carbocycles. The lowest BCUT2D eigenvalue weighted by Crippen LogP contribution is -2.13. The Morgan fingerprint density at radius 2 is 2.05 bits per heavy atom. The van der Waals surface area contributed by atoms with Gasteiger partial charge in [0.1, 0.15) is 5.82 Å². The van der Waals surface area contributed by atoms with Crippen molar-refractivity contribution in [2.45, 2.75) is 0 Å². The summed E-state index contributed by atoms with van der Waals surface area (Å²) in [6.07, 6.45) is 3.00. The Balaban J connectivity index is 2.26. The first-order chi connectivity index (χ1) is 9.16. The van der Waals surface area contributed by atoms with Crippen molar-refractivity contribution in [1.29, 1.82) is 0 Å². The number of imidazole rings is 1. The maximum Gasteiger partial charge on any atom is 0.252 e. The average molecular weight is 256 g/mol. The lowest BCUT2D eigenvalue weighted by molar-refractivity contribution is 0.100. The van der Waals surface area contributed by atoms with Gasteiger partial charge in [0, 0.05) is 11.8 Å². The van der Waals surface area contributed by atoms with E-state index in [-0.39, 0.29) is 11.4 Å². The van der Waals surface area contributed by atoms with Crippen molar-refractivity contribution in [3.05, 3.63) is 54.1 Å². The zero-order valence-electron chi connectivity index (χ0n) is 9.75. The summed E-state index contributed by atoms with van der Waals surface area (Å²) in [6.45, 7) is 0. The van der Waals surface area contributed by atoms with Gasteiger partial charge in [0.15, 0.2) is 5.65 Å². The number of fused-ring (bicyclic) bond motifs is 1. The number of halogens is 1. The number of hydrogen-bond acceptors (Lipinski definition) is 3. The van der Waals surface area contributed by atoms with Crippen molar-refractivity contribution in [3.8, 4) is 11.3 Å². The fourth-order valence-corrected chi connectivity index (χ4v) is 1.89. The smallest absolute Gasteiger partial charge is 0.252 e. The highest BCUT2D eigenvalue weighted by atomic mass is 19.1. The van der Waals surface area contributed by atoms with Crippen LogP contribution in [0.4, 0.5) is 4.39 Å². The number of amides is 1. The Hall–Kier alpha value is -2.76. The number of primary amides is 1. The molecule has 5 nitrogen and oxygen atoms in total. The summed E-state index contributed by atoms with van der Waals surface area (Å²) in [5.74, 6) is -0.982. The van der Waals surface area contributed by atoms with Crippen LogP contribution in [0.3, 0.4) is 0 Å². The first-order valence-electron chi connectivity index (χ1n) is 5.56. The van der Waals surface area contributed by atoms with E-state index in [1.165, 1.54) is 22.8 Å². The van der Waals surface area contributed by atoms with Gasteiger partial charge in [-0.1, -0.05) is 12.1 Å².